The molecule has 0 unspecified atom stereocenters. The smallest absolute Gasteiger partial charge is 0.0928 e. The van der Waals surface area contributed by atoms with Crippen molar-refractivity contribution in [3.8, 4) is 0 Å². The molecule has 3 nitrogen and oxygen atoms in total. The molecule has 1 saturated heterocycles. The van der Waals surface area contributed by atoms with Gasteiger partial charge in [-0.3, -0.25) is 4.98 Å². The Balaban J connectivity index is 2.28. The van der Waals surface area contributed by atoms with Crippen molar-refractivity contribution in [3.05, 3.63) is 32.3 Å². The van der Waals surface area contributed by atoms with Crippen LogP contribution in [0.5, 0.6) is 0 Å². The van der Waals surface area contributed by atoms with Crippen LogP contribution in [0.1, 0.15) is 5.69 Å². The number of pyridine rings is 1. The summed E-state index contributed by atoms with van der Waals surface area (Å²) in [7, 11) is 0. The van der Waals surface area contributed by atoms with Crippen molar-refractivity contribution >= 4 is 55.7 Å². The molecule has 1 aromatic heterocycles. The van der Waals surface area contributed by atoms with Gasteiger partial charge >= 0.3 is 0 Å². The predicted octanol–water partition coefficient (Wildman–Crippen LogP) is 4.02. The van der Waals surface area contributed by atoms with Crippen LogP contribution in [0.25, 0.3) is 10.9 Å². The van der Waals surface area contributed by atoms with Gasteiger partial charge in [0.2, 0.25) is 0 Å². The molecule has 6 heteroatoms. The van der Waals surface area contributed by atoms with Gasteiger partial charge in [0.1, 0.15) is 0 Å². The standard InChI is InChI=1S/C14H14BrCl2N3/c1-8-11(15)14(20-6-4-18-5-7-20)9-2-3-10(16)12(17)13(9)19-8/h2-3,18H,4-7H2,1H3. The Morgan fingerprint density at radius 2 is 1.95 bits per heavy atom. The maximum atomic E-state index is 6.32. The maximum Gasteiger partial charge on any atom is 0.0928 e. The average molecular weight is 375 g/mol. The van der Waals surface area contributed by atoms with Crippen molar-refractivity contribution in [2.75, 3.05) is 31.1 Å². The lowest BCUT2D eigenvalue weighted by Crippen LogP contribution is -2.43. The van der Waals surface area contributed by atoms with E-state index in [1.807, 2.05) is 19.1 Å². The van der Waals surface area contributed by atoms with E-state index < -0.39 is 0 Å². The zero-order valence-electron chi connectivity index (χ0n) is 11.0. The summed E-state index contributed by atoms with van der Waals surface area (Å²) in [6.45, 7) is 5.88. The van der Waals surface area contributed by atoms with Gasteiger partial charge in [-0.2, -0.15) is 0 Å². The van der Waals surface area contributed by atoms with Gasteiger partial charge in [-0.05, 0) is 35.0 Å². The molecule has 20 heavy (non-hydrogen) atoms. The Hall–Kier alpha value is -0.550. The molecule has 106 valence electrons. The van der Waals surface area contributed by atoms with E-state index in [1.54, 1.807) is 0 Å². The number of piperazine rings is 1. The van der Waals surface area contributed by atoms with Crippen LogP contribution in [0.4, 0.5) is 5.69 Å². The summed E-state index contributed by atoms with van der Waals surface area (Å²) < 4.78 is 1.03. The van der Waals surface area contributed by atoms with Gasteiger partial charge in [-0.25, -0.2) is 0 Å². The van der Waals surface area contributed by atoms with E-state index in [1.165, 1.54) is 0 Å². The maximum absolute atomic E-state index is 6.32. The molecule has 0 saturated carbocycles. The van der Waals surface area contributed by atoms with Crippen LogP contribution in [-0.2, 0) is 0 Å². The fraction of sp³-hybridized carbons (Fsp3) is 0.357. The Labute approximate surface area is 136 Å². The summed E-state index contributed by atoms with van der Waals surface area (Å²) >= 11 is 16.1. The monoisotopic (exact) mass is 373 g/mol. The van der Waals surface area contributed by atoms with E-state index in [0.717, 1.165) is 52.9 Å². The van der Waals surface area contributed by atoms with Crippen LogP contribution >= 0.6 is 39.1 Å². The Kier molecular flexibility index (Phi) is 4.09. The zero-order chi connectivity index (χ0) is 14.3. The largest absolute Gasteiger partial charge is 0.367 e. The lowest BCUT2D eigenvalue weighted by Gasteiger charge is -2.31. The fourth-order valence-electron chi connectivity index (χ4n) is 2.54. The highest BCUT2D eigenvalue weighted by atomic mass is 79.9. The van der Waals surface area contributed by atoms with Crippen molar-refractivity contribution in [3.63, 3.8) is 0 Å². The molecule has 0 amide bonds. The van der Waals surface area contributed by atoms with Crippen molar-refractivity contribution < 1.29 is 0 Å². The van der Waals surface area contributed by atoms with Gasteiger partial charge in [0.05, 0.1) is 31.4 Å². The molecule has 1 N–H and O–H groups in total. The number of halogens is 3. The molecule has 0 aliphatic carbocycles. The van der Waals surface area contributed by atoms with Crippen LogP contribution in [0, 0.1) is 6.92 Å². The topological polar surface area (TPSA) is 28.2 Å². The summed E-state index contributed by atoms with van der Waals surface area (Å²) in [5.74, 6) is 0. The van der Waals surface area contributed by atoms with Crippen molar-refractivity contribution in [2.24, 2.45) is 0 Å². The number of aryl methyl sites for hydroxylation is 1. The Bertz CT molecular complexity index is 669. The number of fused-ring (bicyclic) bond motifs is 1. The first-order valence-corrected chi connectivity index (χ1v) is 8.04. The number of nitrogens with one attached hydrogen (secondary N) is 1. The molecule has 2 heterocycles. The van der Waals surface area contributed by atoms with Gasteiger partial charge in [-0.1, -0.05) is 23.2 Å². The normalized spacial score (nSPS) is 15.9. The summed E-state index contributed by atoms with van der Waals surface area (Å²) in [4.78, 5) is 6.95. The number of anilines is 1. The minimum atomic E-state index is 0.524. The summed E-state index contributed by atoms with van der Waals surface area (Å²) in [6, 6.07) is 3.83. The van der Waals surface area contributed by atoms with Crippen LogP contribution in [-0.4, -0.2) is 31.2 Å². The van der Waals surface area contributed by atoms with Crippen molar-refractivity contribution in [1.29, 1.82) is 0 Å². The van der Waals surface area contributed by atoms with Gasteiger partial charge < -0.3 is 10.2 Å². The third kappa shape index (κ3) is 2.39. The first-order valence-electron chi connectivity index (χ1n) is 6.49. The quantitative estimate of drug-likeness (QED) is 0.816. The molecule has 0 spiro atoms. The minimum absolute atomic E-state index is 0.524. The SMILES string of the molecule is Cc1nc2c(Cl)c(Cl)ccc2c(N2CCNCC2)c1Br. The number of nitrogens with zero attached hydrogens (tertiary/aromatic N) is 2. The van der Waals surface area contributed by atoms with Crippen molar-refractivity contribution in [2.45, 2.75) is 6.92 Å². The van der Waals surface area contributed by atoms with E-state index in [2.05, 4.69) is 31.1 Å². The summed E-state index contributed by atoms with van der Waals surface area (Å²) in [5, 5.41) is 5.47. The second kappa shape index (κ2) is 5.68. The van der Waals surface area contributed by atoms with E-state index in [0.29, 0.717) is 10.0 Å². The Morgan fingerprint density at radius 3 is 2.65 bits per heavy atom. The first-order chi connectivity index (χ1) is 9.59. The number of benzene rings is 1. The molecule has 2 aromatic rings. The van der Waals surface area contributed by atoms with Crippen LogP contribution < -0.4 is 10.2 Å². The van der Waals surface area contributed by atoms with Gasteiger partial charge in [0.15, 0.2) is 0 Å². The third-order valence-electron chi connectivity index (χ3n) is 3.56. The average Bonchev–Trinajstić information content (AvgIpc) is 2.46. The lowest BCUT2D eigenvalue weighted by molar-refractivity contribution is 0.589. The van der Waals surface area contributed by atoms with Gasteiger partial charge in [0, 0.05) is 31.6 Å². The summed E-state index contributed by atoms with van der Waals surface area (Å²) in [6.07, 6.45) is 0. The number of rotatable bonds is 1. The number of aromatic nitrogens is 1. The van der Waals surface area contributed by atoms with E-state index >= 15 is 0 Å². The molecular formula is C14H14BrCl2N3. The van der Waals surface area contributed by atoms with Crippen LogP contribution in [0.2, 0.25) is 10.0 Å². The minimum Gasteiger partial charge on any atom is -0.367 e. The molecule has 3 rings (SSSR count). The highest BCUT2D eigenvalue weighted by Gasteiger charge is 2.20. The molecule has 0 bridgehead atoms. The van der Waals surface area contributed by atoms with Crippen LogP contribution in [0.3, 0.4) is 0 Å². The lowest BCUT2D eigenvalue weighted by atomic mass is 10.1. The molecule has 0 atom stereocenters. The Morgan fingerprint density at radius 1 is 1.25 bits per heavy atom. The molecule has 0 radical (unpaired) electrons. The van der Waals surface area contributed by atoms with E-state index in [9.17, 15) is 0 Å². The fourth-order valence-corrected chi connectivity index (χ4v) is 3.46. The highest BCUT2D eigenvalue weighted by molar-refractivity contribution is 9.10. The van der Waals surface area contributed by atoms with E-state index in [4.69, 9.17) is 23.2 Å². The van der Waals surface area contributed by atoms with E-state index in [-0.39, 0.29) is 0 Å². The molecule has 1 aliphatic heterocycles. The second-order valence-electron chi connectivity index (χ2n) is 4.85. The molecule has 1 fully saturated rings. The zero-order valence-corrected chi connectivity index (χ0v) is 14.1. The molecular weight excluding hydrogens is 361 g/mol. The van der Waals surface area contributed by atoms with Gasteiger partial charge in [-0.15, -0.1) is 0 Å². The first kappa shape index (κ1) is 14.4. The molecule has 1 aliphatic rings. The number of hydrogen-bond acceptors (Lipinski definition) is 3. The third-order valence-corrected chi connectivity index (χ3v) is 5.31. The molecule has 1 aromatic carbocycles. The summed E-state index contributed by atoms with van der Waals surface area (Å²) in [5.41, 5.74) is 2.86. The van der Waals surface area contributed by atoms with Crippen molar-refractivity contribution in [1.82, 2.24) is 10.3 Å². The highest BCUT2D eigenvalue weighted by Crippen LogP contribution is 2.40. The number of hydrogen-bond donors (Lipinski definition) is 1. The van der Waals surface area contributed by atoms with Gasteiger partial charge in [0.25, 0.3) is 0 Å². The van der Waals surface area contributed by atoms with Crippen LogP contribution in [0.15, 0.2) is 16.6 Å². The predicted molar refractivity (Wildman–Crippen MR) is 89.3 cm³/mol. The second-order valence-corrected chi connectivity index (χ2v) is 6.43.